The molecule has 144 valence electrons. The number of phenolic OH excluding ortho intramolecular Hbond substituents is 1. The van der Waals surface area contributed by atoms with E-state index in [0.717, 1.165) is 20.9 Å². The summed E-state index contributed by atoms with van der Waals surface area (Å²) in [5.41, 5.74) is 3.78. The summed E-state index contributed by atoms with van der Waals surface area (Å²) in [6.45, 7) is 1.76. The first-order valence-corrected chi connectivity index (χ1v) is 9.42. The average molecular weight is 442 g/mol. The number of halogens is 1. The Bertz CT molecular complexity index is 1030. The van der Waals surface area contributed by atoms with E-state index in [1.165, 1.54) is 13.3 Å². The third-order valence-electron chi connectivity index (χ3n) is 4.22. The number of hydrazone groups is 1. The Balaban J connectivity index is 1.68. The maximum atomic E-state index is 12.4. The van der Waals surface area contributed by atoms with Crippen LogP contribution in [0.25, 0.3) is 10.8 Å². The quantitative estimate of drug-likeness (QED) is 0.394. The van der Waals surface area contributed by atoms with Gasteiger partial charge < -0.3 is 15.2 Å². The number of aromatic hydroxyl groups is 1. The number of ether oxygens (including phenoxy) is 1. The molecule has 0 unspecified atom stereocenters. The molecule has 3 rings (SSSR count). The first-order chi connectivity index (χ1) is 13.5. The molecule has 3 N–H and O–H groups in total. The maximum Gasteiger partial charge on any atom is 0.262 e. The van der Waals surface area contributed by atoms with Crippen LogP contribution in [0.1, 0.15) is 12.5 Å². The van der Waals surface area contributed by atoms with Crippen molar-refractivity contribution in [2.75, 3.05) is 12.4 Å². The number of carbonyl (C=O) groups excluding carboxylic acids is 1. The van der Waals surface area contributed by atoms with Gasteiger partial charge in [-0.1, -0.05) is 52.3 Å². The van der Waals surface area contributed by atoms with Gasteiger partial charge in [-0.25, -0.2) is 5.43 Å². The van der Waals surface area contributed by atoms with E-state index in [0.29, 0.717) is 11.3 Å². The van der Waals surface area contributed by atoms with Gasteiger partial charge in [0.15, 0.2) is 11.5 Å². The van der Waals surface area contributed by atoms with Crippen LogP contribution in [0.3, 0.4) is 0 Å². The number of phenols is 1. The summed E-state index contributed by atoms with van der Waals surface area (Å²) in [6.07, 6.45) is 1.37. The standard InChI is InChI=1S/C21H20BrN3O3/c1-13(24-18-9-5-7-14-6-3-4-8-17(14)18)21(27)25-23-12-15-10-16(22)11-19(28-2)20(15)26/h3-13,24,26H,1-2H3,(H,25,27)/b23-12-/t13-/m0/s1. The Kier molecular flexibility index (Phi) is 6.16. The van der Waals surface area contributed by atoms with Gasteiger partial charge in [-0.15, -0.1) is 0 Å². The smallest absolute Gasteiger partial charge is 0.262 e. The first-order valence-electron chi connectivity index (χ1n) is 8.63. The minimum absolute atomic E-state index is 0.0503. The van der Waals surface area contributed by atoms with E-state index < -0.39 is 6.04 Å². The minimum atomic E-state index is -0.506. The Morgan fingerprint density at radius 2 is 1.96 bits per heavy atom. The highest BCUT2D eigenvalue weighted by Gasteiger charge is 2.13. The van der Waals surface area contributed by atoms with E-state index in [-0.39, 0.29) is 11.7 Å². The fourth-order valence-corrected chi connectivity index (χ4v) is 3.22. The molecule has 0 fully saturated rings. The van der Waals surface area contributed by atoms with Gasteiger partial charge in [0.1, 0.15) is 6.04 Å². The Morgan fingerprint density at radius 1 is 1.21 bits per heavy atom. The highest BCUT2D eigenvalue weighted by Crippen LogP contribution is 2.32. The lowest BCUT2D eigenvalue weighted by atomic mass is 10.1. The largest absolute Gasteiger partial charge is 0.504 e. The molecule has 0 heterocycles. The molecule has 0 radical (unpaired) electrons. The fraction of sp³-hybridized carbons (Fsp3) is 0.143. The summed E-state index contributed by atoms with van der Waals surface area (Å²) in [6, 6.07) is 16.7. The zero-order valence-corrected chi connectivity index (χ0v) is 17.0. The van der Waals surface area contributed by atoms with Crippen LogP contribution < -0.4 is 15.5 Å². The van der Waals surface area contributed by atoms with Crippen molar-refractivity contribution in [3.63, 3.8) is 0 Å². The normalized spacial score (nSPS) is 12.1. The first kappa shape index (κ1) is 19.7. The van der Waals surface area contributed by atoms with Crippen molar-refractivity contribution in [1.82, 2.24) is 5.43 Å². The predicted molar refractivity (Wildman–Crippen MR) is 115 cm³/mol. The molecule has 7 heteroatoms. The van der Waals surface area contributed by atoms with Gasteiger partial charge in [0, 0.05) is 21.1 Å². The molecule has 0 aliphatic carbocycles. The van der Waals surface area contributed by atoms with Crippen molar-refractivity contribution >= 4 is 44.5 Å². The number of anilines is 1. The SMILES string of the molecule is COc1cc(Br)cc(/C=N\NC(=O)[C@H](C)Nc2cccc3ccccc23)c1O. The maximum absolute atomic E-state index is 12.4. The van der Waals surface area contributed by atoms with Gasteiger partial charge in [-0.05, 0) is 30.5 Å². The van der Waals surface area contributed by atoms with Gasteiger partial charge in [0.2, 0.25) is 0 Å². The molecule has 3 aromatic carbocycles. The molecule has 0 aliphatic heterocycles. The van der Waals surface area contributed by atoms with Gasteiger partial charge in [0.05, 0.1) is 13.3 Å². The molecule has 1 atom stereocenters. The van der Waals surface area contributed by atoms with E-state index in [4.69, 9.17) is 4.74 Å². The average Bonchev–Trinajstić information content (AvgIpc) is 2.70. The van der Waals surface area contributed by atoms with E-state index in [1.54, 1.807) is 19.1 Å². The Morgan fingerprint density at radius 3 is 2.75 bits per heavy atom. The van der Waals surface area contributed by atoms with Crippen molar-refractivity contribution in [2.45, 2.75) is 13.0 Å². The molecule has 0 aromatic heterocycles. The third kappa shape index (κ3) is 4.43. The molecule has 0 saturated heterocycles. The highest BCUT2D eigenvalue weighted by molar-refractivity contribution is 9.10. The zero-order chi connectivity index (χ0) is 20.1. The highest BCUT2D eigenvalue weighted by atomic mass is 79.9. The van der Waals surface area contributed by atoms with Gasteiger partial charge >= 0.3 is 0 Å². The molecule has 0 saturated carbocycles. The Labute approximate surface area is 171 Å². The lowest BCUT2D eigenvalue weighted by molar-refractivity contribution is -0.121. The summed E-state index contributed by atoms with van der Waals surface area (Å²) < 4.78 is 5.82. The van der Waals surface area contributed by atoms with Crippen LogP contribution in [0.15, 0.2) is 64.2 Å². The van der Waals surface area contributed by atoms with Gasteiger partial charge in [-0.3, -0.25) is 4.79 Å². The molecule has 6 nitrogen and oxygen atoms in total. The number of nitrogens with one attached hydrogen (secondary N) is 2. The second-order valence-electron chi connectivity index (χ2n) is 6.17. The van der Waals surface area contributed by atoms with Crippen molar-refractivity contribution < 1.29 is 14.6 Å². The summed E-state index contributed by atoms with van der Waals surface area (Å²) in [5.74, 6) is -0.0376. The van der Waals surface area contributed by atoms with Crippen molar-refractivity contribution in [3.05, 3.63) is 64.6 Å². The number of hydrogen-bond acceptors (Lipinski definition) is 5. The molecule has 1 amide bonds. The minimum Gasteiger partial charge on any atom is -0.504 e. The number of fused-ring (bicyclic) bond motifs is 1. The number of rotatable bonds is 6. The summed E-state index contributed by atoms with van der Waals surface area (Å²) in [4.78, 5) is 12.4. The zero-order valence-electron chi connectivity index (χ0n) is 15.4. The van der Waals surface area contributed by atoms with Crippen LogP contribution in [0, 0.1) is 0 Å². The lowest BCUT2D eigenvalue weighted by Gasteiger charge is -2.15. The third-order valence-corrected chi connectivity index (χ3v) is 4.68. The van der Waals surface area contributed by atoms with Crippen LogP contribution in [0.5, 0.6) is 11.5 Å². The van der Waals surface area contributed by atoms with Gasteiger partial charge in [-0.2, -0.15) is 5.10 Å². The van der Waals surface area contributed by atoms with E-state index in [9.17, 15) is 9.90 Å². The number of carbonyl (C=O) groups is 1. The van der Waals surface area contributed by atoms with Crippen molar-refractivity contribution in [1.29, 1.82) is 0 Å². The number of benzene rings is 3. The number of amides is 1. The molecular formula is C21H20BrN3O3. The van der Waals surface area contributed by atoms with E-state index in [1.807, 2.05) is 42.5 Å². The number of nitrogens with zero attached hydrogens (tertiary/aromatic N) is 1. The number of hydrogen-bond donors (Lipinski definition) is 3. The van der Waals surface area contributed by atoms with E-state index >= 15 is 0 Å². The number of methoxy groups -OCH3 is 1. The predicted octanol–water partition coefficient (Wildman–Crippen LogP) is 4.27. The molecule has 3 aromatic rings. The summed E-state index contributed by atoms with van der Waals surface area (Å²) in [7, 11) is 1.46. The summed E-state index contributed by atoms with van der Waals surface area (Å²) >= 11 is 3.34. The fourth-order valence-electron chi connectivity index (χ4n) is 2.76. The molecule has 0 bridgehead atoms. The van der Waals surface area contributed by atoms with Gasteiger partial charge in [0.25, 0.3) is 5.91 Å². The summed E-state index contributed by atoms with van der Waals surface area (Å²) in [5, 5.41) is 19.4. The van der Waals surface area contributed by atoms with Crippen LogP contribution >= 0.6 is 15.9 Å². The second kappa shape index (κ2) is 8.75. The second-order valence-corrected chi connectivity index (χ2v) is 7.09. The molecule has 0 spiro atoms. The van der Waals surface area contributed by atoms with Crippen LogP contribution in [-0.2, 0) is 4.79 Å². The topological polar surface area (TPSA) is 83.0 Å². The monoisotopic (exact) mass is 441 g/mol. The van der Waals surface area contributed by atoms with E-state index in [2.05, 4.69) is 31.8 Å². The van der Waals surface area contributed by atoms with Crippen molar-refractivity contribution in [3.8, 4) is 11.5 Å². The van der Waals surface area contributed by atoms with Crippen LogP contribution in [0.4, 0.5) is 5.69 Å². The lowest BCUT2D eigenvalue weighted by Crippen LogP contribution is -2.34. The molecular weight excluding hydrogens is 422 g/mol. The van der Waals surface area contributed by atoms with Crippen LogP contribution in [-0.4, -0.2) is 30.4 Å². The molecule has 28 heavy (non-hydrogen) atoms. The Hall–Kier alpha value is -3.06. The van der Waals surface area contributed by atoms with Crippen molar-refractivity contribution in [2.24, 2.45) is 5.10 Å². The van der Waals surface area contributed by atoms with Crippen LogP contribution in [0.2, 0.25) is 0 Å². The molecule has 0 aliphatic rings.